The molecule has 2 aromatic rings. The first-order valence-corrected chi connectivity index (χ1v) is 10.3. The molecule has 116 valence electrons. The van der Waals surface area contributed by atoms with E-state index >= 15 is 0 Å². The summed E-state index contributed by atoms with van der Waals surface area (Å²) in [7, 11) is -1.78. The number of benzene rings is 1. The fraction of sp³-hybridized carbons (Fsp3) is 0.467. The van der Waals surface area contributed by atoms with Gasteiger partial charge in [0, 0.05) is 0 Å². The summed E-state index contributed by atoms with van der Waals surface area (Å²) in [5, 5.41) is 24.0. The van der Waals surface area contributed by atoms with E-state index in [0.717, 1.165) is 30.9 Å². The summed E-state index contributed by atoms with van der Waals surface area (Å²) in [4.78, 5) is 4.03. The molecule has 0 bridgehead atoms. The minimum absolute atomic E-state index is 0.215. The number of hydrogen-bond acceptors (Lipinski definition) is 4. The van der Waals surface area contributed by atoms with Gasteiger partial charge in [-0.15, -0.1) is 0 Å². The van der Waals surface area contributed by atoms with Crippen LogP contribution in [0.2, 0.25) is 0 Å². The Hall–Kier alpha value is -1.29. The van der Waals surface area contributed by atoms with Crippen molar-refractivity contribution in [2.75, 3.05) is 32.2 Å². The van der Waals surface area contributed by atoms with Gasteiger partial charge in [-0.3, -0.25) is 0 Å². The van der Waals surface area contributed by atoms with Crippen molar-refractivity contribution in [3.05, 3.63) is 36.9 Å². The number of aliphatic hydroxyl groups excluding tert-OH is 2. The van der Waals surface area contributed by atoms with E-state index in [9.17, 15) is 10.2 Å². The van der Waals surface area contributed by atoms with Crippen LogP contribution in [-0.2, 0) is 0 Å². The summed E-state index contributed by atoms with van der Waals surface area (Å²) in [5.41, 5.74) is 1.07. The van der Waals surface area contributed by atoms with Crippen LogP contribution in [0, 0.1) is 0 Å². The Balaban J connectivity index is 2.39. The molecule has 21 heavy (non-hydrogen) atoms. The third kappa shape index (κ3) is 3.88. The molecule has 2 rings (SSSR count). The second-order valence-electron chi connectivity index (χ2n) is 5.57. The average molecular weight is 309 g/mol. The molecule has 1 aromatic carbocycles. The Morgan fingerprint density at radius 3 is 2.33 bits per heavy atom. The Morgan fingerprint density at radius 1 is 1.10 bits per heavy atom. The van der Waals surface area contributed by atoms with E-state index in [-0.39, 0.29) is 13.2 Å². The molecule has 1 aromatic heterocycles. The van der Waals surface area contributed by atoms with Gasteiger partial charge in [-0.25, -0.2) is 0 Å². The summed E-state index contributed by atoms with van der Waals surface area (Å²) in [6, 6.07) is 8.29. The SMILES string of the molecule is C[PH](CCCO)(CCCO)c1ccccc1-n1cncn1. The van der Waals surface area contributed by atoms with Crippen molar-refractivity contribution in [1.82, 2.24) is 14.8 Å². The van der Waals surface area contributed by atoms with Crippen LogP contribution in [0.4, 0.5) is 0 Å². The van der Waals surface area contributed by atoms with Crippen LogP contribution in [0.15, 0.2) is 36.9 Å². The molecule has 0 unspecified atom stereocenters. The van der Waals surface area contributed by atoms with E-state index in [2.05, 4.69) is 34.9 Å². The van der Waals surface area contributed by atoms with E-state index in [1.807, 2.05) is 6.07 Å². The standard InChI is InChI=1S/C15H24N3O2P/c1-21(10-4-8-19,11-5-9-20)15-7-3-2-6-14(15)18-13-16-12-17-18/h2-3,6-7,12-13,19-21H,4-5,8-11H2,1H3. The predicted octanol–water partition coefficient (Wildman–Crippen LogP) is 1.04. The van der Waals surface area contributed by atoms with Crippen LogP contribution >= 0.6 is 7.26 Å². The van der Waals surface area contributed by atoms with Gasteiger partial charge in [0.05, 0.1) is 0 Å². The number of para-hydroxylation sites is 1. The molecule has 2 N–H and O–H groups in total. The summed E-state index contributed by atoms with van der Waals surface area (Å²) >= 11 is 0. The first-order valence-electron chi connectivity index (χ1n) is 7.37. The second-order valence-corrected chi connectivity index (χ2v) is 10.2. The summed E-state index contributed by atoms with van der Waals surface area (Å²) in [6.07, 6.45) is 6.88. The predicted molar refractivity (Wildman–Crippen MR) is 88.4 cm³/mol. The van der Waals surface area contributed by atoms with E-state index in [0.29, 0.717) is 0 Å². The van der Waals surface area contributed by atoms with Crippen molar-refractivity contribution < 1.29 is 10.2 Å². The molecule has 0 saturated heterocycles. The third-order valence-electron chi connectivity index (χ3n) is 3.99. The van der Waals surface area contributed by atoms with Crippen molar-refractivity contribution in [3.63, 3.8) is 0 Å². The fourth-order valence-corrected chi connectivity index (χ4v) is 6.83. The van der Waals surface area contributed by atoms with Gasteiger partial charge in [0.2, 0.25) is 0 Å². The molecular formula is C15H24N3O2P. The number of hydrogen-bond donors (Lipinski definition) is 2. The van der Waals surface area contributed by atoms with Gasteiger partial charge in [-0.2, -0.15) is 0 Å². The van der Waals surface area contributed by atoms with E-state index in [1.165, 1.54) is 11.6 Å². The Morgan fingerprint density at radius 2 is 1.76 bits per heavy atom. The molecule has 5 nitrogen and oxygen atoms in total. The summed E-state index contributed by atoms with van der Waals surface area (Å²) in [6.45, 7) is 2.76. The number of aromatic nitrogens is 3. The van der Waals surface area contributed by atoms with Gasteiger partial charge in [0.25, 0.3) is 0 Å². The van der Waals surface area contributed by atoms with Gasteiger partial charge in [-0.05, 0) is 0 Å². The maximum absolute atomic E-state index is 9.20. The van der Waals surface area contributed by atoms with Crippen molar-refractivity contribution in [2.45, 2.75) is 12.8 Å². The Bertz CT molecular complexity index is 538. The Kier molecular flexibility index (Phi) is 5.85. The maximum atomic E-state index is 9.20. The Labute approximate surface area is 126 Å². The number of rotatable bonds is 8. The topological polar surface area (TPSA) is 71.2 Å². The zero-order valence-corrected chi connectivity index (χ0v) is 13.4. The van der Waals surface area contributed by atoms with Crippen LogP contribution in [0.1, 0.15) is 12.8 Å². The second kappa shape index (κ2) is 7.64. The molecule has 0 spiro atoms. The van der Waals surface area contributed by atoms with Gasteiger partial charge in [0.15, 0.2) is 0 Å². The zero-order valence-electron chi connectivity index (χ0n) is 12.4. The molecule has 0 radical (unpaired) electrons. The summed E-state index contributed by atoms with van der Waals surface area (Å²) < 4.78 is 1.80. The van der Waals surface area contributed by atoms with E-state index in [1.54, 1.807) is 11.0 Å². The van der Waals surface area contributed by atoms with Gasteiger partial charge >= 0.3 is 125 Å². The molecule has 0 aliphatic rings. The minimum atomic E-state index is -1.78. The monoisotopic (exact) mass is 309 g/mol. The molecule has 0 atom stereocenters. The summed E-state index contributed by atoms with van der Waals surface area (Å²) in [5.74, 6) is 0. The zero-order chi connectivity index (χ0) is 15.1. The molecule has 0 aliphatic carbocycles. The first-order chi connectivity index (χ1) is 10.2. The van der Waals surface area contributed by atoms with Crippen LogP contribution in [0.3, 0.4) is 0 Å². The van der Waals surface area contributed by atoms with Crippen molar-refractivity contribution in [2.24, 2.45) is 0 Å². The molecule has 6 heteroatoms. The van der Waals surface area contributed by atoms with Crippen LogP contribution < -0.4 is 5.30 Å². The fourth-order valence-electron chi connectivity index (χ4n) is 2.85. The third-order valence-corrected chi connectivity index (χ3v) is 8.63. The normalized spacial score (nSPS) is 12.5. The van der Waals surface area contributed by atoms with Crippen molar-refractivity contribution >= 4 is 12.6 Å². The molecule has 1 heterocycles. The molecular weight excluding hydrogens is 285 g/mol. The molecule has 0 saturated carbocycles. The number of nitrogens with zero attached hydrogens (tertiary/aromatic N) is 3. The van der Waals surface area contributed by atoms with Gasteiger partial charge < -0.3 is 0 Å². The van der Waals surface area contributed by atoms with Crippen LogP contribution in [0.5, 0.6) is 0 Å². The average Bonchev–Trinajstić information content (AvgIpc) is 3.05. The number of aliphatic hydroxyl groups is 2. The van der Waals surface area contributed by atoms with Gasteiger partial charge in [-0.1, -0.05) is 0 Å². The van der Waals surface area contributed by atoms with Gasteiger partial charge in [0.1, 0.15) is 0 Å². The van der Waals surface area contributed by atoms with Crippen molar-refractivity contribution in [1.29, 1.82) is 0 Å². The van der Waals surface area contributed by atoms with Crippen molar-refractivity contribution in [3.8, 4) is 5.69 Å². The first kappa shape index (κ1) is 16.1. The molecule has 0 fully saturated rings. The molecule has 0 aliphatic heterocycles. The van der Waals surface area contributed by atoms with Crippen LogP contribution in [0.25, 0.3) is 5.69 Å². The van der Waals surface area contributed by atoms with E-state index in [4.69, 9.17) is 0 Å². The molecule has 0 amide bonds. The van der Waals surface area contributed by atoms with Crippen LogP contribution in [-0.4, -0.2) is 57.2 Å². The quantitative estimate of drug-likeness (QED) is 0.715. The van der Waals surface area contributed by atoms with E-state index < -0.39 is 7.26 Å².